The zero-order chi connectivity index (χ0) is 30.3. The molecule has 1 saturated carbocycles. The number of fused-ring (bicyclic) bond motifs is 4. The van der Waals surface area contributed by atoms with Crippen molar-refractivity contribution in [1.29, 1.82) is 0 Å². The van der Waals surface area contributed by atoms with Crippen LogP contribution in [0.25, 0.3) is 32.8 Å². The Labute approximate surface area is 244 Å². The van der Waals surface area contributed by atoms with Gasteiger partial charge in [0.05, 0.1) is 17.6 Å². The van der Waals surface area contributed by atoms with Crippen LogP contribution in [0.2, 0.25) is 0 Å². The number of alkyl halides is 2. The van der Waals surface area contributed by atoms with Gasteiger partial charge in [-0.25, -0.2) is 17.6 Å². The van der Waals surface area contributed by atoms with Gasteiger partial charge in [0.15, 0.2) is 5.82 Å². The number of hydrogen-bond acceptors (Lipinski definition) is 7. The SMILES string of the molecule is C#Cc1cccc2cc(O)cc(-c3c(F)cc4c(N5C[C@H]6CC[C@](C)(C5)N6)nc(OC[C@]5(CO)CC5(F)F)nc4c3F)c12. The monoisotopic (exact) mass is 592 g/mol. The molecule has 222 valence electrons. The second-order valence-corrected chi connectivity index (χ2v) is 12.2. The zero-order valence-corrected chi connectivity index (χ0v) is 23.2. The number of benzene rings is 3. The van der Waals surface area contributed by atoms with Gasteiger partial charge in [0, 0.05) is 53.0 Å². The molecule has 1 aliphatic carbocycles. The van der Waals surface area contributed by atoms with Crippen molar-refractivity contribution in [3.8, 4) is 35.2 Å². The summed E-state index contributed by atoms with van der Waals surface area (Å²) in [6.45, 7) is 1.68. The number of halogens is 4. The largest absolute Gasteiger partial charge is 0.508 e. The molecule has 1 aromatic heterocycles. The Balaban J connectivity index is 1.43. The van der Waals surface area contributed by atoms with Gasteiger partial charge in [-0.2, -0.15) is 9.97 Å². The van der Waals surface area contributed by atoms with Crippen molar-refractivity contribution in [2.24, 2.45) is 5.41 Å². The Hall–Kier alpha value is -4.14. The van der Waals surface area contributed by atoms with Crippen LogP contribution < -0.4 is 15.0 Å². The van der Waals surface area contributed by atoms with Gasteiger partial charge in [0.2, 0.25) is 0 Å². The molecular formula is C32H28F4N4O3. The molecule has 2 aliphatic heterocycles. The predicted octanol–water partition coefficient (Wildman–Crippen LogP) is 5.14. The van der Waals surface area contributed by atoms with E-state index in [0.29, 0.717) is 29.4 Å². The van der Waals surface area contributed by atoms with Crippen molar-refractivity contribution in [2.45, 2.75) is 43.7 Å². The zero-order valence-electron chi connectivity index (χ0n) is 23.2. The van der Waals surface area contributed by atoms with Crippen LogP contribution in [0.4, 0.5) is 23.4 Å². The number of nitrogens with zero attached hydrogens (tertiary/aromatic N) is 3. The summed E-state index contributed by atoms with van der Waals surface area (Å²) in [5.74, 6) is -2.53. The minimum Gasteiger partial charge on any atom is -0.508 e. The molecule has 0 unspecified atom stereocenters. The van der Waals surface area contributed by atoms with Crippen LogP contribution >= 0.6 is 0 Å². The van der Waals surface area contributed by atoms with E-state index in [-0.39, 0.29) is 45.6 Å². The molecule has 3 fully saturated rings. The number of aromatic nitrogens is 2. The minimum atomic E-state index is -3.11. The first-order valence-corrected chi connectivity index (χ1v) is 14.0. The van der Waals surface area contributed by atoms with Gasteiger partial charge in [0.1, 0.15) is 29.5 Å². The molecule has 3 aromatic carbocycles. The average molecular weight is 593 g/mol. The Bertz CT molecular complexity index is 1860. The molecule has 0 radical (unpaired) electrons. The average Bonchev–Trinajstić information content (AvgIpc) is 3.42. The third-order valence-corrected chi connectivity index (χ3v) is 9.10. The van der Waals surface area contributed by atoms with Crippen molar-refractivity contribution in [2.75, 3.05) is 31.2 Å². The first-order chi connectivity index (χ1) is 20.5. The summed E-state index contributed by atoms with van der Waals surface area (Å²) < 4.78 is 66.5. The minimum absolute atomic E-state index is 0.0349. The summed E-state index contributed by atoms with van der Waals surface area (Å²) in [6.07, 6.45) is 6.98. The Kier molecular flexibility index (Phi) is 6.07. The molecule has 0 amide bonds. The molecule has 7 rings (SSSR count). The topological polar surface area (TPSA) is 90.7 Å². The number of aromatic hydroxyl groups is 1. The molecule has 2 bridgehead atoms. The van der Waals surface area contributed by atoms with E-state index in [0.717, 1.165) is 18.9 Å². The third kappa shape index (κ3) is 4.34. The highest BCUT2D eigenvalue weighted by Crippen LogP contribution is 2.60. The van der Waals surface area contributed by atoms with Gasteiger partial charge < -0.3 is 25.2 Å². The molecule has 3 N–H and O–H groups in total. The first-order valence-electron chi connectivity index (χ1n) is 14.0. The van der Waals surface area contributed by atoms with E-state index in [1.165, 1.54) is 12.1 Å². The fourth-order valence-electron chi connectivity index (χ4n) is 6.70. The van der Waals surface area contributed by atoms with Crippen molar-refractivity contribution >= 4 is 27.5 Å². The number of phenols is 1. The molecule has 43 heavy (non-hydrogen) atoms. The normalized spacial score (nSPS) is 25.7. The van der Waals surface area contributed by atoms with Gasteiger partial charge in [-0.15, -0.1) is 6.42 Å². The van der Waals surface area contributed by atoms with Crippen molar-refractivity contribution in [1.82, 2.24) is 15.3 Å². The van der Waals surface area contributed by atoms with Crippen molar-refractivity contribution in [3.05, 3.63) is 53.6 Å². The van der Waals surface area contributed by atoms with Crippen LogP contribution in [0, 0.1) is 29.4 Å². The van der Waals surface area contributed by atoms with Gasteiger partial charge in [-0.05, 0) is 49.4 Å². The number of ether oxygens (including phenoxy) is 1. The van der Waals surface area contributed by atoms with Gasteiger partial charge in [0.25, 0.3) is 5.92 Å². The number of rotatable bonds is 6. The second-order valence-electron chi connectivity index (χ2n) is 12.2. The predicted molar refractivity (Wildman–Crippen MR) is 153 cm³/mol. The number of nitrogens with one attached hydrogen (secondary N) is 1. The fraction of sp³-hybridized carbons (Fsp3) is 0.375. The lowest BCUT2D eigenvalue weighted by molar-refractivity contribution is 0.0126. The molecule has 0 spiro atoms. The number of aliphatic hydroxyl groups is 1. The van der Waals surface area contributed by atoms with Crippen molar-refractivity contribution < 1.29 is 32.5 Å². The summed E-state index contributed by atoms with van der Waals surface area (Å²) >= 11 is 0. The van der Waals surface area contributed by atoms with E-state index in [4.69, 9.17) is 11.2 Å². The standard InChI is InChI=1S/C32H28F4N4O3/c1-3-17-5-4-6-18-9-20(42)10-21(24(17)18)25-23(33)11-22-27(26(25)34)37-29(43-16-31(15-41)13-32(31,35)36)38-28(22)40-12-19-7-8-30(2,14-40)39-19/h1,4-6,9-11,19,39,41-42H,7-8,12-16H2,2H3/t19-,30-,31-/m1/s1. The van der Waals surface area contributed by atoms with Crippen LogP contribution in [0.5, 0.6) is 11.8 Å². The van der Waals surface area contributed by atoms with E-state index in [9.17, 15) is 19.0 Å². The van der Waals surface area contributed by atoms with Gasteiger partial charge in [-0.1, -0.05) is 18.1 Å². The van der Waals surface area contributed by atoms with Crippen LogP contribution in [0.3, 0.4) is 0 Å². The maximum atomic E-state index is 16.6. The molecule has 3 atom stereocenters. The Morgan fingerprint density at radius 2 is 2.00 bits per heavy atom. The van der Waals surface area contributed by atoms with Gasteiger partial charge >= 0.3 is 6.01 Å². The highest BCUT2D eigenvalue weighted by Gasteiger charge is 2.71. The molecule has 4 aromatic rings. The van der Waals surface area contributed by atoms with Gasteiger partial charge in [-0.3, -0.25) is 0 Å². The molecule has 7 nitrogen and oxygen atoms in total. The quantitative estimate of drug-likeness (QED) is 0.211. The van der Waals surface area contributed by atoms with E-state index in [1.54, 1.807) is 18.2 Å². The summed E-state index contributed by atoms with van der Waals surface area (Å²) in [7, 11) is 0. The number of phenolic OH excluding ortho intramolecular Hbond substituents is 1. The van der Waals surface area contributed by atoms with Crippen molar-refractivity contribution in [3.63, 3.8) is 0 Å². The second kappa shape index (κ2) is 9.43. The lowest BCUT2D eigenvalue weighted by Crippen LogP contribution is -2.58. The summed E-state index contributed by atoms with van der Waals surface area (Å²) in [4.78, 5) is 10.6. The molecule has 2 saturated heterocycles. The summed E-state index contributed by atoms with van der Waals surface area (Å²) in [5, 5.41) is 24.6. The Morgan fingerprint density at radius 1 is 1.21 bits per heavy atom. The van der Waals surface area contributed by atoms with E-state index in [1.807, 2.05) is 4.90 Å². The first kappa shape index (κ1) is 27.7. The van der Waals surface area contributed by atoms with Crippen LogP contribution in [-0.2, 0) is 0 Å². The van der Waals surface area contributed by atoms with Crippen LogP contribution in [-0.4, -0.2) is 64.0 Å². The maximum absolute atomic E-state index is 16.6. The fourth-order valence-corrected chi connectivity index (χ4v) is 6.70. The third-order valence-electron chi connectivity index (χ3n) is 9.10. The number of aliphatic hydroxyl groups excluding tert-OH is 1. The number of terminal acetylenes is 1. The molecule has 11 heteroatoms. The molecule has 3 aliphatic rings. The van der Waals surface area contributed by atoms with E-state index >= 15 is 8.78 Å². The molecular weight excluding hydrogens is 564 g/mol. The maximum Gasteiger partial charge on any atom is 0.319 e. The molecule has 3 heterocycles. The van der Waals surface area contributed by atoms with E-state index < -0.39 is 48.2 Å². The Morgan fingerprint density at radius 3 is 2.70 bits per heavy atom. The summed E-state index contributed by atoms with van der Waals surface area (Å²) in [5.41, 5.74) is -2.34. The summed E-state index contributed by atoms with van der Waals surface area (Å²) in [6, 6.07) is 8.60. The van der Waals surface area contributed by atoms with Crippen LogP contribution in [0.1, 0.15) is 31.7 Å². The lowest BCUT2D eigenvalue weighted by atomic mass is 9.93. The number of hydrogen-bond donors (Lipinski definition) is 3. The number of anilines is 1. The smallest absolute Gasteiger partial charge is 0.319 e. The van der Waals surface area contributed by atoms with Crippen LogP contribution in [0.15, 0.2) is 36.4 Å². The highest BCUT2D eigenvalue weighted by molar-refractivity contribution is 6.04. The lowest BCUT2D eigenvalue weighted by Gasteiger charge is -2.40. The number of piperazine rings is 1. The van der Waals surface area contributed by atoms with E-state index in [2.05, 4.69) is 28.1 Å². The highest BCUT2D eigenvalue weighted by atomic mass is 19.3.